The predicted molar refractivity (Wildman–Crippen MR) is 207 cm³/mol. The number of rotatable bonds is 18. The first-order valence-electron chi connectivity index (χ1n) is 22.9. The first-order chi connectivity index (χ1) is 23.9. The summed E-state index contributed by atoms with van der Waals surface area (Å²) < 4.78 is 24.2. The van der Waals surface area contributed by atoms with Gasteiger partial charge in [0.1, 0.15) is 0 Å². The summed E-state index contributed by atoms with van der Waals surface area (Å²) in [6, 6.07) is 0. The van der Waals surface area contributed by atoms with Crippen LogP contribution in [-0.2, 0) is 11.4 Å². The molecule has 0 aromatic heterocycles. The average molecular weight is 697 g/mol. The lowest BCUT2D eigenvalue weighted by Crippen LogP contribution is -2.55. The third kappa shape index (κ3) is 7.56. The highest BCUT2D eigenvalue weighted by Crippen LogP contribution is 2.59. The van der Waals surface area contributed by atoms with Gasteiger partial charge in [0.15, 0.2) is 0 Å². The smallest absolute Gasteiger partial charge is 0.451 e. The van der Waals surface area contributed by atoms with Gasteiger partial charge in [0.2, 0.25) is 0 Å². The summed E-state index contributed by atoms with van der Waals surface area (Å²) >= 11 is -2.53. The third-order valence-corrected chi connectivity index (χ3v) is 19.0. The van der Waals surface area contributed by atoms with Crippen molar-refractivity contribution in [1.29, 1.82) is 0 Å². The average Bonchev–Trinajstić information content (AvgIpc) is 3.99. The van der Waals surface area contributed by atoms with Gasteiger partial charge in [0.05, 0.1) is 0 Å². The summed E-state index contributed by atoms with van der Waals surface area (Å²) in [6.45, 7) is 15.0. The van der Waals surface area contributed by atoms with Crippen LogP contribution in [0.1, 0.15) is 215 Å². The van der Waals surface area contributed by atoms with Gasteiger partial charge in [0, 0.05) is 18.3 Å². The molecule has 6 aliphatic rings. The van der Waals surface area contributed by atoms with Crippen molar-refractivity contribution in [2.45, 2.75) is 233 Å². The Morgan fingerprint density at radius 1 is 0.408 bits per heavy atom. The van der Waals surface area contributed by atoms with Gasteiger partial charge in [-0.15, -0.1) is 0 Å². The lowest BCUT2D eigenvalue weighted by molar-refractivity contribution is -0.131. The Balaban J connectivity index is 1.43. The van der Waals surface area contributed by atoms with Gasteiger partial charge < -0.3 is 11.4 Å². The minimum atomic E-state index is -2.53. The molecule has 6 rings (SSSR count). The normalized spacial score (nSPS) is 38.2. The fourth-order valence-corrected chi connectivity index (χ4v) is 17.2. The quantitative estimate of drug-likeness (QED) is 0.134. The molecule has 0 spiro atoms. The van der Waals surface area contributed by atoms with Gasteiger partial charge in [-0.1, -0.05) is 119 Å². The molecule has 6 aliphatic carbocycles. The molecule has 0 saturated heterocycles. The Morgan fingerprint density at radius 3 is 0.898 bits per heavy atom. The highest BCUT2D eigenvalue weighted by atomic mass is 27.3. The standard InChI is InChI=1S/3C15H27O.Al/c3*1-3-13-10-7-11-15(13,4-2)14(16)12-8-5-6-9-12;/h3*12-14H,3-11H2,1-2H3;/q3*-1;+3. The molecule has 0 aromatic rings. The minimum Gasteiger partial charge on any atom is -0.451 e. The Morgan fingerprint density at radius 2 is 0.673 bits per heavy atom. The second-order valence-corrected chi connectivity index (χ2v) is 20.2. The van der Waals surface area contributed by atoms with Gasteiger partial charge in [0.25, 0.3) is 0 Å². The molecule has 3 nitrogen and oxygen atoms in total. The number of hydrogen-bond acceptors (Lipinski definition) is 3. The van der Waals surface area contributed by atoms with Crippen LogP contribution in [0, 0.1) is 51.8 Å². The van der Waals surface area contributed by atoms with Crippen LogP contribution in [0.15, 0.2) is 0 Å². The topological polar surface area (TPSA) is 27.7 Å². The van der Waals surface area contributed by atoms with E-state index in [1.165, 1.54) is 173 Å². The molecule has 0 bridgehead atoms. The molecule has 9 atom stereocenters. The molecule has 6 fully saturated rings. The second-order valence-electron chi connectivity index (χ2n) is 18.8. The Bertz CT molecular complexity index is 862. The van der Waals surface area contributed by atoms with E-state index in [9.17, 15) is 0 Å². The summed E-state index contributed by atoms with van der Waals surface area (Å²) in [4.78, 5) is 0. The maximum atomic E-state index is 8.06. The Hall–Kier alpha value is 0.412. The zero-order valence-corrected chi connectivity index (χ0v) is 34.7. The van der Waals surface area contributed by atoms with E-state index in [1.807, 2.05) is 0 Å². The van der Waals surface area contributed by atoms with Crippen LogP contribution >= 0.6 is 0 Å². The Labute approximate surface area is 310 Å². The van der Waals surface area contributed by atoms with Crippen LogP contribution in [-0.4, -0.2) is 33.5 Å². The molecule has 9 unspecified atom stereocenters. The molecule has 0 heterocycles. The van der Waals surface area contributed by atoms with Crippen LogP contribution in [0.2, 0.25) is 0 Å². The Kier molecular flexibility index (Phi) is 14.1. The first-order valence-corrected chi connectivity index (χ1v) is 24.3. The highest BCUT2D eigenvalue weighted by Gasteiger charge is 2.59. The molecule has 0 amide bonds. The van der Waals surface area contributed by atoms with E-state index in [0.29, 0.717) is 52.3 Å². The van der Waals surface area contributed by atoms with E-state index in [-0.39, 0.29) is 0 Å². The summed E-state index contributed by atoms with van der Waals surface area (Å²) in [5.41, 5.74) is 0.908. The van der Waals surface area contributed by atoms with Gasteiger partial charge in [-0.3, -0.25) is 0 Å². The van der Waals surface area contributed by atoms with Crippen molar-refractivity contribution in [3.8, 4) is 0 Å². The SMILES string of the molecule is CCC1CCCC1(CC)C([O][Al]([O]C(C1CCCC1)C1(CC)CCCC1CC)[O]C(C1CCCC1)C1(CC)CCCC1CC)C1CCCC1. The van der Waals surface area contributed by atoms with E-state index in [2.05, 4.69) is 41.5 Å². The van der Waals surface area contributed by atoms with E-state index < -0.39 is 15.1 Å². The van der Waals surface area contributed by atoms with Crippen LogP contribution in [0.5, 0.6) is 0 Å². The van der Waals surface area contributed by atoms with Crippen molar-refractivity contribution in [2.24, 2.45) is 51.8 Å². The molecule has 0 aromatic carbocycles. The van der Waals surface area contributed by atoms with Crippen molar-refractivity contribution < 1.29 is 11.4 Å². The van der Waals surface area contributed by atoms with Crippen molar-refractivity contribution in [1.82, 2.24) is 0 Å². The largest absolute Gasteiger partial charge is 0.906 e. The lowest BCUT2D eigenvalue weighted by Gasteiger charge is -2.50. The monoisotopic (exact) mass is 697 g/mol. The third-order valence-electron chi connectivity index (χ3n) is 17.4. The van der Waals surface area contributed by atoms with Gasteiger partial charge in [-0.2, -0.15) is 0 Å². The molecule has 0 radical (unpaired) electrons. The molecular weight excluding hydrogens is 615 g/mol. The predicted octanol–water partition coefficient (Wildman–Crippen LogP) is 13.5. The first kappa shape index (κ1) is 39.1. The highest BCUT2D eigenvalue weighted by molar-refractivity contribution is 6.36. The van der Waals surface area contributed by atoms with E-state index in [4.69, 9.17) is 11.4 Å². The molecule has 4 heteroatoms. The lowest BCUT2D eigenvalue weighted by atomic mass is 9.66. The van der Waals surface area contributed by atoms with E-state index in [1.54, 1.807) is 0 Å². The molecule has 0 aliphatic heterocycles. The fourth-order valence-electron chi connectivity index (χ4n) is 14.8. The molecule has 6 saturated carbocycles. The van der Waals surface area contributed by atoms with Crippen LogP contribution in [0.25, 0.3) is 0 Å². The van der Waals surface area contributed by atoms with Gasteiger partial charge >= 0.3 is 15.1 Å². The minimum absolute atomic E-state index is 0.303. The van der Waals surface area contributed by atoms with Crippen LogP contribution in [0.4, 0.5) is 0 Å². The van der Waals surface area contributed by atoms with Crippen LogP contribution in [0.3, 0.4) is 0 Å². The van der Waals surface area contributed by atoms with E-state index in [0.717, 1.165) is 17.8 Å². The van der Waals surface area contributed by atoms with Crippen molar-refractivity contribution in [3.63, 3.8) is 0 Å². The summed E-state index contributed by atoms with van der Waals surface area (Å²) in [5.74, 6) is 4.43. The van der Waals surface area contributed by atoms with Gasteiger partial charge in [-0.25, -0.2) is 0 Å². The van der Waals surface area contributed by atoms with Gasteiger partial charge in [-0.05, 0) is 148 Å². The van der Waals surface area contributed by atoms with Crippen molar-refractivity contribution in [2.75, 3.05) is 0 Å². The van der Waals surface area contributed by atoms with Crippen molar-refractivity contribution >= 4 is 15.1 Å². The fraction of sp³-hybridized carbons (Fsp3) is 1.00. The number of hydrogen-bond donors (Lipinski definition) is 0. The molecule has 49 heavy (non-hydrogen) atoms. The zero-order valence-electron chi connectivity index (χ0n) is 33.6. The molecule has 282 valence electrons. The zero-order chi connectivity index (χ0) is 34.5. The maximum Gasteiger partial charge on any atom is 0.906 e. The second kappa shape index (κ2) is 17.7. The molecular formula is C45H81AlO3. The summed E-state index contributed by atoms with van der Waals surface area (Å²) in [5, 5.41) is 0. The van der Waals surface area contributed by atoms with Crippen LogP contribution < -0.4 is 0 Å². The summed E-state index contributed by atoms with van der Waals surface area (Å²) in [6.07, 6.45) is 37.6. The molecule has 0 N–H and O–H groups in total. The maximum absolute atomic E-state index is 8.06. The summed E-state index contributed by atoms with van der Waals surface area (Å²) in [7, 11) is 0. The van der Waals surface area contributed by atoms with E-state index >= 15 is 0 Å². The van der Waals surface area contributed by atoms with Crippen molar-refractivity contribution in [3.05, 3.63) is 0 Å².